The van der Waals surface area contributed by atoms with Crippen LogP contribution >= 0.6 is 0 Å². The van der Waals surface area contributed by atoms with Crippen LogP contribution in [0, 0.1) is 11.2 Å². The van der Waals surface area contributed by atoms with Crippen LogP contribution in [0.1, 0.15) is 25.3 Å². The molecular formula is C13H16FNO2. The van der Waals surface area contributed by atoms with Gasteiger partial charge in [0.15, 0.2) is 0 Å². The van der Waals surface area contributed by atoms with Gasteiger partial charge >= 0.3 is 5.97 Å². The maximum Gasteiger partial charge on any atom is 0.309 e. The molecule has 0 aliphatic carbocycles. The summed E-state index contributed by atoms with van der Waals surface area (Å²) in [5.41, 5.74) is 0.355. The van der Waals surface area contributed by atoms with Crippen molar-refractivity contribution in [2.45, 2.75) is 19.8 Å². The van der Waals surface area contributed by atoms with Crippen LogP contribution in [0.2, 0.25) is 0 Å². The molecule has 4 heteroatoms. The SMILES string of the molecule is CN1CC(C(C)(C)C(=O)O)c2c(F)cccc21. The van der Waals surface area contributed by atoms with Crippen LogP contribution < -0.4 is 4.90 Å². The lowest BCUT2D eigenvalue weighted by Gasteiger charge is -2.27. The van der Waals surface area contributed by atoms with Gasteiger partial charge in [0.25, 0.3) is 0 Å². The van der Waals surface area contributed by atoms with E-state index >= 15 is 0 Å². The summed E-state index contributed by atoms with van der Waals surface area (Å²) < 4.78 is 13.9. The summed E-state index contributed by atoms with van der Waals surface area (Å²) in [6.45, 7) is 3.83. The number of benzene rings is 1. The molecule has 1 atom stereocenters. The molecule has 1 aromatic carbocycles. The summed E-state index contributed by atoms with van der Waals surface area (Å²) in [7, 11) is 1.86. The van der Waals surface area contributed by atoms with Gasteiger partial charge in [-0.2, -0.15) is 0 Å². The fourth-order valence-corrected chi connectivity index (χ4v) is 2.41. The van der Waals surface area contributed by atoms with E-state index in [0.29, 0.717) is 12.1 Å². The zero-order valence-electron chi connectivity index (χ0n) is 10.2. The molecule has 0 saturated heterocycles. The Kier molecular flexibility index (Phi) is 2.60. The molecule has 0 radical (unpaired) electrons. The molecule has 1 aromatic rings. The Bertz CT molecular complexity index is 470. The minimum Gasteiger partial charge on any atom is -0.481 e. The first-order chi connectivity index (χ1) is 7.85. The van der Waals surface area contributed by atoms with Gasteiger partial charge in [0, 0.05) is 30.8 Å². The predicted molar refractivity (Wildman–Crippen MR) is 63.8 cm³/mol. The zero-order valence-corrected chi connectivity index (χ0v) is 10.2. The van der Waals surface area contributed by atoms with E-state index in [1.807, 2.05) is 18.0 Å². The maximum absolute atomic E-state index is 13.9. The fourth-order valence-electron chi connectivity index (χ4n) is 2.41. The van der Waals surface area contributed by atoms with Crippen LogP contribution in [0.5, 0.6) is 0 Å². The number of nitrogens with zero attached hydrogens (tertiary/aromatic N) is 1. The molecule has 0 fully saturated rings. The molecule has 3 nitrogen and oxygen atoms in total. The van der Waals surface area contributed by atoms with Gasteiger partial charge in [-0.1, -0.05) is 6.07 Å². The number of carboxylic acids is 1. The Morgan fingerprint density at radius 1 is 1.53 bits per heavy atom. The maximum atomic E-state index is 13.9. The average molecular weight is 237 g/mol. The van der Waals surface area contributed by atoms with Gasteiger partial charge in [-0.15, -0.1) is 0 Å². The van der Waals surface area contributed by atoms with Gasteiger partial charge in [-0.3, -0.25) is 4.79 Å². The van der Waals surface area contributed by atoms with Crippen LogP contribution in [0.3, 0.4) is 0 Å². The first-order valence-electron chi connectivity index (χ1n) is 5.58. The van der Waals surface area contributed by atoms with Crippen molar-refractivity contribution in [1.82, 2.24) is 0 Å². The second kappa shape index (κ2) is 3.72. The summed E-state index contributed by atoms with van der Waals surface area (Å²) in [4.78, 5) is 13.2. The van der Waals surface area contributed by atoms with E-state index in [1.54, 1.807) is 19.9 Å². The topological polar surface area (TPSA) is 40.5 Å². The molecule has 17 heavy (non-hydrogen) atoms. The number of hydrogen-bond donors (Lipinski definition) is 1. The van der Waals surface area contributed by atoms with Crippen LogP contribution in [0.4, 0.5) is 10.1 Å². The van der Waals surface area contributed by atoms with Gasteiger partial charge in [0.1, 0.15) is 5.82 Å². The van der Waals surface area contributed by atoms with E-state index in [1.165, 1.54) is 6.07 Å². The first-order valence-corrected chi connectivity index (χ1v) is 5.58. The molecule has 0 spiro atoms. The number of carboxylic acid groups (broad SMARTS) is 1. The summed E-state index contributed by atoms with van der Waals surface area (Å²) in [6, 6.07) is 4.88. The minimum absolute atomic E-state index is 0.314. The molecule has 0 amide bonds. The monoisotopic (exact) mass is 237 g/mol. The van der Waals surface area contributed by atoms with Crippen LogP contribution in [0.25, 0.3) is 0 Å². The zero-order chi connectivity index (χ0) is 12.8. The fraction of sp³-hybridized carbons (Fsp3) is 0.462. The number of likely N-dealkylation sites (N-methyl/N-ethyl adjacent to an activating group) is 1. The van der Waals surface area contributed by atoms with Crippen molar-refractivity contribution in [3.8, 4) is 0 Å². The molecule has 1 heterocycles. The Balaban J connectivity index is 2.54. The summed E-state index contributed by atoms with van der Waals surface area (Å²) in [5, 5.41) is 9.26. The van der Waals surface area contributed by atoms with Crippen molar-refractivity contribution < 1.29 is 14.3 Å². The lowest BCUT2D eigenvalue weighted by Crippen LogP contribution is -2.34. The number of carbonyl (C=O) groups is 1. The Labute approximate surface area is 99.9 Å². The van der Waals surface area contributed by atoms with Crippen LogP contribution in [0.15, 0.2) is 18.2 Å². The molecule has 1 unspecified atom stereocenters. The van der Waals surface area contributed by atoms with Crippen molar-refractivity contribution in [3.05, 3.63) is 29.6 Å². The van der Waals surface area contributed by atoms with Crippen molar-refractivity contribution in [1.29, 1.82) is 0 Å². The van der Waals surface area contributed by atoms with Crippen LogP contribution in [-0.4, -0.2) is 24.7 Å². The number of fused-ring (bicyclic) bond motifs is 1. The third-order valence-corrected chi connectivity index (χ3v) is 3.67. The van der Waals surface area contributed by atoms with Gasteiger partial charge < -0.3 is 10.0 Å². The molecule has 0 saturated carbocycles. The number of aliphatic carboxylic acids is 1. The number of halogens is 1. The second-order valence-corrected chi connectivity index (χ2v) is 5.13. The largest absolute Gasteiger partial charge is 0.481 e. The molecule has 92 valence electrons. The van der Waals surface area contributed by atoms with Gasteiger partial charge in [-0.05, 0) is 26.0 Å². The van der Waals surface area contributed by atoms with Crippen LogP contribution in [-0.2, 0) is 4.79 Å². The molecule has 2 rings (SSSR count). The molecule has 1 N–H and O–H groups in total. The van der Waals surface area contributed by atoms with E-state index in [2.05, 4.69) is 0 Å². The van der Waals surface area contributed by atoms with Crippen molar-refractivity contribution >= 4 is 11.7 Å². The standard InChI is InChI=1S/C13H16FNO2/c1-13(2,12(16)17)8-7-15(3)10-6-4-5-9(14)11(8)10/h4-6,8H,7H2,1-3H3,(H,16,17). The van der Waals surface area contributed by atoms with E-state index in [0.717, 1.165) is 5.69 Å². The Hall–Kier alpha value is -1.58. The molecule has 0 bridgehead atoms. The van der Waals surface area contributed by atoms with Gasteiger partial charge in [-0.25, -0.2) is 4.39 Å². The molecule has 1 aliphatic heterocycles. The van der Waals surface area contributed by atoms with E-state index in [9.17, 15) is 14.3 Å². The number of hydrogen-bond acceptors (Lipinski definition) is 2. The van der Waals surface area contributed by atoms with E-state index in [4.69, 9.17) is 0 Å². The summed E-state index contributed by atoms with van der Waals surface area (Å²) in [6.07, 6.45) is 0. The normalized spacial score (nSPS) is 19.3. The quantitative estimate of drug-likeness (QED) is 0.859. The molecule has 1 aliphatic rings. The highest BCUT2D eigenvalue weighted by Crippen LogP contribution is 2.46. The smallest absolute Gasteiger partial charge is 0.309 e. The van der Waals surface area contributed by atoms with Gasteiger partial charge in [0.05, 0.1) is 5.41 Å². The van der Waals surface area contributed by atoms with Crippen molar-refractivity contribution in [2.24, 2.45) is 5.41 Å². The van der Waals surface area contributed by atoms with Crippen molar-refractivity contribution in [2.75, 3.05) is 18.5 Å². The average Bonchev–Trinajstić information content (AvgIpc) is 2.58. The highest BCUT2D eigenvalue weighted by Gasteiger charge is 2.44. The number of rotatable bonds is 2. The first kappa shape index (κ1) is 11.9. The van der Waals surface area contributed by atoms with Gasteiger partial charge in [0.2, 0.25) is 0 Å². The van der Waals surface area contributed by atoms with E-state index < -0.39 is 11.4 Å². The Morgan fingerprint density at radius 2 is 2.18 bits per heavy atom. The molecular weight excluding hydrogens is 221 g/mol. The second-order valence-electron chi connectivity index (χ2n) is 5.13. The predicted octanol–water partition coefficient (Wildman–Crippen LogP) is 2.47. The molecule has 0 aromatic heterocycles. The minimum atomic E-state index is -0.971. The summed E-state index contributed by atoms with van der Waals surface area (Å²) in [5.74, 6) is -1.53. The number of anilines is 1. The van der Waals surface area contributed by atoms with Crippen molar-refractivity contribution in [3.63, 3.8) is 0 Å². The third kappa shape index (κ3) is 1.68. The van der Waals surface area contributed by atoms with E-state index in [-0.39, 0.29) is 11.7 Å². The lowest BCUT2D eigenvalue weighted by molar-refractivity contribution is -0.148. The Morgan fingerprint density at radius 3 is 2.76 bits per heavy atom. The third-order valence-electron chi connectivity index (χ3n) is 3.67. The highest BCUT2D eigenvalue weighted by molar-refractivity contribution is 5.77. The lowest BCUT2D eigenvalue weighted by atomic mass is 9.76. The highest BCUT2D eigenvalue weighted by atomic mass is 19.1. The summed E-state index contributed by atoms with van der Waals surface area (Å²) >= 11 is 0.